The molecule has 1 heterocycles. The summed E-state index contributed by atoms with van der Waals surface area (Å²) < 4.78 is 6.06. The van der Waals surface area contributed by atoms with E-state index in [9.17, 15) is 5.11 Å². The van der Waals surface area contributed by atoms with Gasteiger partial charge in [-0.3, -0.25) is 4.90 Å². The molecule has 25 heavy (non-hydrogen) atoms. The molecule has 1 saturated heterocycles. The average molecular weight is 334 g/mol. The number of nitrogens with zero attached hydrogens (tertiary/aromatic N) is 2. The molecule has 4 nitrogen and oxygen atoms in total. The number of piperidine rings is 1. The molecule has 1 N–H and O–H groups in total. The molecule has 2 atom stereocenters. The van der Waals surface area contributed by atoms with Crippen LogP contribution >= 0.6 is 0 Å². The van der Waals surface area contributed by atoms with E-state index in [-0.39, 0.29) is 18.2 Å². The molecule has 0 unspecified atom stereocenters. The minimum atomic E-state index is -0.382. The fraction of sp³-hybridized carbons (Fsp3) is 0.381. The Kier molecular flexibility index (Phi) is 4.44. The van der Waals surface area contributed by atoms with Gasteiger partial charge in [0.25, 0.3) is 0 Å². The van der Waals surface area contributed by atoms with Gasteiger partial charge in [-0.1, -0.05) is 24.3 Å². The SMILES string of the molecule is N#Cc1ccc(OC2CCN([C@H]3Cc4ccccc4[C@@H]3O)CC2)cc1. The van der Waals surface area contributed by atoms with Crippen molar-refractivity contribution in [3.63, 3.8) is 0 Å². The van der Waals surface area contributed by atoms with Crippen LogP contribution < -0.4 is 4.74 Å². The van der Waals surface area contributed by atoms with Crippen LogP contribution in [0.1, 0.15) is 35.6 Å². The maximum Gasteiger partial charge on any atom is 0.119 e. The number of aliphatic hydroxyl groups is 1. The van der Waals surface area contributed by atoms with Gasteiger partial charge in [-0.05, 0) is 54.7 Å². The Morgan fingerprint density at radius 1 is 1.04 bits per heavy atom. The average Bonchev–Trinajstić information content (AvgIpc) is 3.00. The van der Waals surface area contributed by atoms with Crippen LogP contribution in [-0.2, 0) is 6.42 Å². The first kappa shape index (κ1) is 16.1. The zero-order chi connectivity index (χ0) is 17.2. The number of hydrogen-bond donors (Lipinski definition) is 1. The molecule has 0 radical (unpaired) electrons. The zero-order valence-corrected chi connectivity index (χ0v) is 14.1. The summed E-state index contributed by atoms with van der Waals surface area (Å²) in [4.78, 5) is 2.41. The Labute approximate surface area is 148 Å². The van der Waals surface area contributed by atoms with Gasteiger partial charge in [0.1, 0.15) is 11.9 Å². The second-order valence-electron chi connectivity index (χ2n) is 6.90. The maximum atomic E-state index is 10.6. The molecule has 1 aliphatic carbocycles. The second kappa shape index (κ2) is 6.87. The fourth-order valence-electron chi connectivity index (χ4n) is 4.01. The Morgan fingerprint density at radius 3 is 2.44 bits per heavy atom. The molecule has 1 fully saturated rings. The highest BCUT2D eigenvalue weighted by atomic mass is 16.5. The van der Waals surface area contributed by atoms with Gasteiger partial charge in [0.05, 0.1) is 17.7 Å². The molecule has 4 heteroatoms. The van der Waals surface area contributed by atoms with Crippen molar-refractivity contribution in [3.05, 3.63) is 65.2 Å². The van der Waals surface area contributed by atoms with E-state index in [1.54, 1.807) is 12.1 Å². The summed E-state index contributed by atoms with van der Waals surface area (Å²) in [5, 5.41) is 19.5. The quantitative estimate of drug-likeness (QED) is 0.937. The van der Waals surface area contributed by atoms with Gasteiger partial charge >= 0.3 is 0 Å². The summed E-state index contributed by atoms with van der Waals surface area (Å²) in [5.41, 5.74) is 3.01. The van der Waals surface area contributed by atoms with Gasteiger partial charge in [-0.25, -0.2) is 0 Å². The van der Waals surface area contributed by atoms with E-state index in [2.05, 4.69) is 17.0 Å². The van der Waals surface area contributed by atoms with Crippen LogP contribution in [0.15, 0.2) is 48.5 Å². The topological polar surface area (TPSA) is 56.5 Å². The van der Waals surface area contributed by atoms with Gasteiger partial charge in [0, 0.05) is 19.1 Å². The van der Waals surface area contributed by atoms with Crippen molar-refractivity contribution in [3.8, 4) is 11.8 Å². The Bertz CT molecular complexity index is 773. The van der Waals surface area contributed by atoms with Crippen LogP contribution in [0.3, 0.4) is 0 Å². The van der Waals surface area contributed by atoms with Crippen LogP contribution in [0, 0.1) is 11.3 Å². The molecule has 128 valence electrons. The van der Waals surface area contributed by atoms with Gasteiger partial charge in [0.15, 0.2) is 0 Å². The number of benzene rings is 2. The molecule has 0 spiro atoms. The van der Waals surface area contributed by atoms with Gasteiger partial charge in [0.2, 0.25) is 0 Å². The van der Waals surface area contributed by atoms with E-state index in [1.165, 1.54) is 5.56 Å². The largest absolute Gasteiger partial charge is 0.490 e. The first-order chi connectivity index (χ1) is 12.2. The highest BCUT2D eigenvalue weighted by Crippen LogP contribution is 2.35. The van der Waals surface area contributed by atoms with Crippen LogP contribution in [0.2, 0.25) is 0 Å². The van der Waals surface area contributed by atoms with Crippen LogP contribution in [0.4, 0.5) is 0 Å². The Hall–Kier alpha value is -2.35. The highest BCUT2D eigenvalue weighted by molar-refractivity contribution is 5.36. The molecule has 4 rings (SSSR count). The molecule has 0 amide bonds. The van der Waals surface area contributed by atoms with Gasteiger partial charge in [-0.2, -0.15) is 5.26 Å². The number of ether oxygens (including phenoxy) is 1. The number of fused-ring (bicyclic) bond motifs is 1. The second-order valence-corrected chi connectivity index (χ2v) is 6.90. The van der Waals surface area contributed by atoms with Crippen molar-refractivity contribution >= 4 is 0 Å². The standard InChI is InChI=1S/C21H22N2O2/c22-14-15-5-7-17(8-6-15)25-18-9-11-23(12-10-18)20-13-16-3-1-2-4-19(16)21(20)24/h1-8,18,20-21,24H,9-13H2/t20-,21-/m0/s1. The smallest absolute Gasteiger partial charge is 0.119 e. The van der Waals surface area contributed by atoms with Gasteiger partial charge < -0.3 is 9.84 Å². The van der Waals surface area contributed by atoms with Crippen molar-refractivity contribution < 1.29 is 9.84 Å². The van der Waals surface area contributed by atoms with E-state index >= 15 is 0 Å². The van der Waals surface area contributed by atoms with Crippen LogP contribution in [-0.4, -0.2) is 35.2 Å². The summed E-state index contributed by atoms with van der Waals surface area (Å²) in [6.45, 7) is 1.88. The van der Waals surface area contributed by atoms with Crippen LogP contribution in [0.5, 0.6) is 5.75 Å². The summed E-state index contributed by atoms with van der Waals surface area (Å²) in [6.07, 6.45) is 2.66. The molecule has 2 aromatic carbocycles. The lowest BCUT2D eigenvalue weighted by Gasteiger charge is -2.37. The Morgan fingerprint density at radius 2 is 1.76 bits per heavy atom. The number of nitriles is 1. The number of hydrogen-bond acceptors (Lipinski definition) is 4. The molecule has 1 aliphatic heterocycles. The third-order valence-electron chi connectivity index (χ3n) is 5.40. The molecular formula is C21H22N2O2. The van der Waals surface area contributed by atoms with E-state index in [1.807, 2.05) is 30.3 Å². The molecule has 0 aromatic heterocycles. The third-order valence-corrected chi connectivity index (χ3v) is 5.40. The summed E-state index contributed by atoms with van der Waals surface area (Å²) in [7, 11) is 0. The number of likely N-dealkylation sites (tertiary alicyclic amines) is 1. The van der Waals surface area contributed by atoms with E-state index in [4.69, 9.17) is 10.00 Å². The molecule has 2 aromatic rings. The van der Waals surface area contributed by atoms with Gasteiger partial charge in [-0.15, -0.1) is 0 Å². The molecule has 0 saturated carbocycles. The molecule has 0 bridgehead atoms. The maximum absolute atomic E-state index is 10.6. The van der Waals surface area contributed by atoms with E-state index in [0.29, 0.717) is 5.56 Å². The number of aliphatic hydroxyl groups excluding tert-OH is 1. The Balaban J connectivity index is 1.34. The predicted octanol–water partition coefficient (Wildman–Crippen LogP) is 3.06. The lowest BCUT2D eigenvalue weighted by atomic mass is 10.0. The van der Waals surface area contributed by atoms with Crippen molar-refractivity contribution in [1.29, 1.82) is 5.26 Å². The normalized spacial score (nSPS) is 23.8. The highest BCUT2D eigenvalue weighted by Gasteiger charge is 2.36. The molecule has 2 aliphatic rings. The summed E-state index contributed by atoms with van der Waals surface area (Å²) in [6, 6.07) is 17.8. The van der Waals surface area contributed by atoms with Crippen molar-refractivity contribution in [1.82, 2.24) is 4.90 Å². The van der Waals surface area contributed by atoms with Crippen molar-refractivity contribution in [2.45, 2.75) is 37.5 Å². The van der Waals surface area contributed by atoms with Crippen LogP contribution in [0.25, 0.3) is 0 Å². The first-order valence-electron chi connectivity index (χ1n) is 8.91. The zero-order valence-electron chi connectivity index (χ0n) is 14.1. The van der Waals surface area contributed by atoms with Crippen molar-refractivity contribution in [2.75, 3.05) is 13.1 Å². The monoisotopic (exact) mass is 334 g/mol. The third kappa shape index (κ3) is 3.26. The minimum Gasteiger partial charge on any atom is -0.490 e. The fourth-order valence-corrected chi connectivity index (χ4v) is 4.01. The van der Waals surface area contributed by atoms with Crippen molar-refractivity contribution in [2.24, 2.45) is 0 Å². The number of rotatable bonds is 3. The predicted molar refractivity (Wildman–Crippen MR) is 95.3 cm³/mol. The van der Waals surface area contributed by atoms with E-state index in [0.717, 1.165) is 43.7 Å². The summed E-state index contributed by atoms with van der Waals surface area (Å²) >= 11 is 0. The lowest BCUT2D eigenvalue weighted by Crippen LogP contribution is -2.45. The lowest BCUT2D eigenvalue weighted by molar-refractivity contribution is 0.0215. The first-order valence-corrected chi connectivity index (χ1v) is 8.91. The minimum absolute atomic E-state index is 0.188. The molecular weight excluding hydrogens is 312 g/mol. The summed E-state index contributed by atoms with van der Waals surface area (Å²) in [5.74, 6) is 0.825. The van der Waals surface area contributed by atoms with E-state index < -0.39 is 0 Å².